The number of carbonyl (C=O) groups is 1. The molecule has 14 heavy (non-hydrogen) atoms. The van der Waals surface area contributed by atoms with Crippen LogP contribution in [0.25, 0.3) is 0 Å². The van der Waals surface area contributed by atoms with Crippen LogP contribution in [0.2, 0.25) is 0 Å². The highest BCUT2D eigenvalue weighted by Gasteiger charge is 2.31. The van der Waals surface area contributed by atoms with Crippen molar-refractivity contribution < 1.29 is 9.53 Å². The molecule has 0 spiro atoms. The molecule has 1 rings (SSSR count). The maximum atomic E-state index is 11.0. The Balaban J connectivity index is 2.89. The molecule has 1 unspecified atom stereocenters. The third kappa shape index (κ3) is 2.47. The average molecular weight is 194 g/mol. The summed E-state index contributed by atoms with van der Waals surface area (Å²) in [6.45, 7) is 7.19. The Labute approximate surface area is 85.6 Å². The van der Waals surface area contributed by atoms with E-state index in [1.807, 2.05) is 6.92 Å². The quantitative estimate of drug-likeness (QED) is 0.632. The third-order valence-electron chi connectivity index (χ3n) is 2.67. The number of carbonyl (C=O) groups excluding carboxylic acids is 1. The standard InChI is InChI=1S/C12H18O2/c1-4-11-8-6-5-7-9-12(11,3)14-10(2)13/h4,8H,1,5-7,9H2,2-3H3. The third-order valence-corrected chi connectivity index (χ3v) is 2.67. The zero-order chi connectivity index (χ0) is 10.6. The Morgan fingerprint density at radius 1 is 1.64 bits per heavy atom. The Morgan fingerprint density at radius 3 is 2.93 bits per heavy atom. The second-order valence-electron chi connectivity index (χ2n) is 3.93. The molecule has 0 heterocycles. The first kappa shape index (κ1) is 11.0. The van der Waals surface area contributed by atoms with Gasteiger partial charge in [0.25, 0.3) is 0 Å². The topological polar surface area (TPSA) is 26.3 Å². The fourth-order valence-electron chi connectivity index (χ4n) is 1.95. The van der Waals surface area contributed by atoms with E-state index in [4.69, 9.17) is 4.74 Å². The summed E-state index contributed by atoms with van der Waals surface area (Å²) in [4.78, 5) is 11.0. The van der Waals surface area contributed by atoms with Crippen LogP contribution in [0.3, 0.4) is 0 Å². The van der Waals surface area contributed by atoms with E-state index in [1.165, 1.54) is 6.92 Å². The van der Waals surface area contributed by atoms with Crippen molar-refractivity contribution in [3.05, 3.63) is 24.3 Å². The van der Waals surface area contributed by atoms with Gasteiger partial charge in [0.1, 0.15) is 5.60 Å². The Morgan fingerprint density at radius 2 is 2.36 bits per heavy atom. The van der Waals surface area contributed by atoms with Crippen LogP contribution in [-0.4, -0.2) is 11.6 Å². The van der Waals surface area contributed by atoms with E-state index in [1.54, 1.807) is 6.08 Å². The molecule has 0 fully saturated rings. The zero-order valence-electron chi connectivity index (χ0n) is 9.01. The highest BCUT2D eigenvalue weighted by atomic mass is 16.6. The summed E-state index contributed by atoms with van der Waals surface area (Å²) in [7, 11) is 0. The van der Waals surface area contributed by atoms with E-state index in [-0.39, 0.29) is 5.97 Å². The molecule has 0 aliphatic heterocycles. The van der Waals surface area contributed by atoms with Gasteiger partial charge in [-0.1, -0.05) is 18.7 Å². The molecule has 0 amide bonds. The van der Waals surface area contributed by atoms with Crippen molar-refractivity contribution in [3.63, 3.8) is 0 Å². The van der Waals surface area contributed by atoms with Gasteiger partial charge in [0.15, 0.2) is 0 Å². The van der Waals surface area contributed by atoms with E-state index in [2.05, 4.69) is 12.7 Å². The molecule has 0 aromatic carbocycles. The maximum absolute atomic E-state index is 11.0. The first-order valence-corrected chi connectivity index (χ1v) is 5.11. The minimum Gasteiger partial charge on any atom is -0.455 e. The summed E-state index contributed by atoms with van der Waals surface area (Å²) in [6, 6.07) is 0. The van der Waals surface area contributed by atoms with Gasteiger partial charge < -0.3 is 4.74 Å². The van der Waals surface area contributed by atoms with Gasteiger partial charge in [0.05, 0.1) is 0 Å². The van der Waals surface area contributed by atoms with E-state index >= 15 is 0 Å². The first-order valence-electron chi connectivity index (χ1n) is 5.11. The highest BCUT2D eigenvalue weighted by Crippen LogP contribution is 2.32. The van der Waals surface area contributed by atoms with Crippen LogP contribution < -0.4 is 0 Å². The largest absolute Gasteiger partial charge is 0.455 e. The van der Waals surface area contributed by atoms with Crippen molar-refractivity contribution in [2.24, 2.45) is 0 Å². The lowest BCUT2D eigenvalue weighted by molar-refractivity contribution is -0.152. The second kappa shape index (κ2) is 4.45. The second-order valence-corrected chi connectivity index (χ2v) is 3.93. The monoisotopic (exact) mass is 194 g/mol. The molecular formula is C12H18O2. The van der Waals surface area contributed by atoms with Crippen LogP contribution in [-0.2, 0) is 9.53 Å². The summed E-state index contributed by atoms with van der Waals surface area (Å²) in [5.41, 5.74) is 0.592. The van der Waals surface area contributed by atoms with Crippen molar-refractivity contribution in [3.8, 4) is 0 Å². The average Bonchev–Trinajstić information content (AvgIpc) is 2.25. The van der Waals surface area contributed by atoms with E-state index in [0.717, 1.165) is 31.3 Å². The molecule has 78 valence electrons. The predicted octanol–water partition coefficient (Wildman–Crippen LogP) is 2.99. The summed E-state index contributed by atoms with van der Waals surface area (Å²) in [6.07, 6.45) is 8.13. The van der Waals surface area contributed by atoms with Gasteiger partial charge in [0.2, 0.25) is 0 Å². The molecule has 0 saturated heterocycles. The van der Waals surface area contributed by atoms with Crippen LogP contribution in [0.4, 0.5) is 0 Å². The lowest BCUT2D eigenvalue weighted by Crippen LogP contribution is -2.32. The summed E-state index contributed by atoms with van der Waals surface area (Å²) in [5, 5.41) is 0. The van der Waals surface area contributed by atoms with Crippen molar-refractivity contribution in [1.82, 2.24) is 0 Å². The molecule has 0 radical (unpaired) electrons. The lowest BCUT2D eigenvalue weighted by atomic mass is 9.92. The summed E-state index contributed by atoms with van der Waals surface area (Å²) in [5.74, 6) is -0.220. The SMILES string of the molecule is C=CC1=CCCCCC1(C)OC(C)=O. The first-order chi connectivity index (χ1) is 6.58. The van der Waals surface area contributed by atoms with Crippen molar-refractivity contribution in [2.75, 3.05) is 0 Å². The molecule has 1 aliphatic carbocycles. The molecule has 2 heteroatoms. The van der Waals surface area contributed by atoms with Crippen molar-refractivity contribution >= 4 is 5.97 Å². The molecular weight excluding hydrogens is 176 g/mol. The van der Waals surface area contributed by atoms with Gasteiger partial charge in [-0.05, 0) is 38.2 Å². The van der Waals surface area contributed by atoms with Gasteiger partial charge in [-0.15, -0.1) is 0 Å². The fourth-order valence-corrected chi connectivity index (χ4v) is 1.95. The molecule has 0 bridgehead atoms. The highest BCUT2D eigenvalue weighted by molar-refractivity contribution is 5.67. The van der Waals surface area contributed by atoms with E-state index in [9.17, 15) is 4.79 Å². The number of hydrogen-bond acceptors (Lipinski definition) is 2. The van der Waals surface area contributed by atoms with Crippen molar-refractivity contribution in [1.29, 1.82) is 0 Å². The van der Waals surface area contributed by atoms with Crippen LogP contribution in [0.1, 0.15) is 39.5 Å². The Bertz CT molecular complexity index is 265. The minimum atomic E-state index is -0.454. The lowest BCUT2D eigenvalue weighted by Gasteiger charge is -2.29. The summed E-state index contributed by atoms with van der Waals surface area (Å²) < 4.78 is 5.38. The van der Waals surface area contributed by atoms with Crippen LogP contribution in [0, 0.1) is 0 Å². The number of esters is 1. The maximum Gasteiger partial charge on any atom is 0.303 e. The number of allylic oxidation sites excluding steroid dienone is 1. The van der Waals surface area contributed by atoms with E-state index < -0.39 is 5.60 Å². The molecule has 2 nitrogen and oxygen atoms in total. The van der Waals surface area contributed by atoms with Crippen LogP contribution in [0.15, 0.2) is 24.3 Å². The number of ether oxygens (including phenoxy) is 1. The van der Waals surface area contributed by atoms with Gasteiger partial charge in [0, 0.05) is 6.92 Å². The van der Waals surface area contributed by atoms with E-state index in [0.29, 0.717) is 0 Å². The van der Waals surface area contributed by atoms with Crippen LogP contribution >= 0.6 is 0 Å². The predicted molar refractivity (Wildman–Crippen MR) is 56.9 cm³/mol. The van der Waals surface area contributed by atoms with Gasteiger partial charge >= 0.3 is 5.97 Å². The number of rotatable bonds is 2. The van der Waals surface area contributed by atoms with Gasteiger partial charge in [-0.25, -0.2) is 0 Å². The van der Waals surface area contributed by atoms with Gasteiger partial charge in [-0.3, -0.25) is 4.79 Å². The van der Waals surface area contributed by atoms with Crippen LogP contribution in [0.5, 0.6) is 0 Å². The summed E-state index contributed by atoms with van der Waals surface area (Å²) >= 11 is 0. The Hall–Kier alpha value is -1.05. The normalized spacial score (nSPS) is 27.4. The minimum absolute atomic E-state index is 0.220. The molecule has 1 aliphatic rings. The molecule has 0 aromatic heterocycles. The van der Waals surface area contributed by atoms with Gasteiger partial charge in [-0.2, -0.15) is 0 Å². The molecule has 0 N–H and O–H groups in total. The molecule has 0 aromatic rings. The Kier molecular flexibility index (Phi) is 3.50. The number of hydrogen-bond donors (Lipinski definition) is 0. The molecule has 1 atom stereocenters. The van der Waals surface area contributed by atoms with Crippen molar-refractivity contribution in [2.45, 2.75) is 45.1 Å². The fraction of sp³-hybridized carbons (Fsp3) is 0.583. The zero-order valence-corrected chi connectivity index (χ0v) is 9.01. The smallest absolute Gasteiger partial charge is 0.303 e. The molecule has 0 saturated carbocycles.